The predicted molar refractivity (Wildman–Crippen MR) is 110 cm³/mol. The van der Waals surface area contributed by atoms with E-state index in [0.717, 1.165) is 5.52 Å². The van der Waals surface area contributed by atoms with Crippen molar-refractivity contribution >= 4 is 50.7 Å². The number of carbonyl (C=O) groups excluding carboxylic acids is 2. The number of nitrogen functional groups attached to an aromatic ring is 1. The fourth-order valence-electron chi connectivity index (χ4n) is 3.92. The number of amidine groups is 1. The molecule has 0 atom stereocenters. The standard InChI is InChI=1S/C22H15FN4O3/c1-27-8-14(12-6-10(20(24)25)2-4-16(12)27)18-19(22(29)26-21(18)28)15-9-30-17-5-3-11(23)7-13(15)17/h2-9H,1H3,(H3,24,25)(H,26,28,29). The van der Waals surface area contributed by atoms with Crippen molar-refractivity contribution < 1.29 is 18.4 Å². The molecule has 2 aromatic heterocycles. The Bertz CT molecular complexity index is 1460. The molecule has 8 heteroatoms. The van der Waals surface area contributed by atoms with Gasteiger partial charge in [-0.2, -0.15) is 0 Å². The van der Waals surface area contributed by atoms with Crippen LogP contribution in [0, 0.1) is 11.2 Å². The smallest absolute Gasteiger partial charge is 0.259 e. The molecule has 0 saturated carbocycles. The van der Waals surface area contributed by atoms with Crippen molar-refractivity contribution in [2.75, 3.05) is 0 Å². The lowest BCUT2D eigenvalue weighted by Gasteiger charge is -2.04. The molecule has 4 N–H and O–H groups in total. The highest BCUT2D eigenvalue weighted by Crippen LogP contribution is 2.39. The molecule has 0 radical (unpaired) electrons. The van der Waals surface area contributed by atoms with Crippen LogP contribution in [0.3, 0.4) is 0 Å². The summed E-state index contributed by atoms with van der Waals surface area (Å²) in [4.78, 5) is 25.5. The molecule has 0 bridgehead atoms. The molecule has 4 aromatic rings. The molecule has 1 aliphatic rings. The molecule has 0 saturated heterocycles. The summed E-state index contributed by atoms with van der Waals surface area (Å²) in [6.45, 7) is 0. The average Bonchev–Trinajstić information content (AvgIpc) is 3.34. The molecule has 0 fully saturated rings. The Hall–Kier alpha value is -4.20. The zero-order valence-corrected chi connectivity index (χ0v) is 15.7. The normalized spacial score (nSPS) is 14.2. The van der Waals surface area contributed by atoms with Crippen molar-refractivity contribution in [1.29, 1.82) is 5.41 Å². The number of halogens is 1. The summed E-state index contributed by atoms with van der Waals surface area (Å²) >= 11 is 0. The monoisotopic (exact) mass is 402 g/mol. The van der Waals surface area contributed by atoms with Gasteiger partial charge in [-0.25, -0.2) is 4.39 Å². The van der Waals surface area contributed by atoms with Crippen LogP contribution in [0.5, 0.6) is 0 Å². The second-order valence-corrected chi connectivity index (χ2v) is 7.12. The fourth-order valence-corrected chi connectivity index (χ4v) is 3.92. The Labute approximate surface area is 169 Å². The molecule has 148 valence electrons. The Balaban J connectivity index is 1.85. The molecule has 2 aromatic carbocycles. The Morgan fingerprint density at radius 2 is 1.80 bits per heavy atom. The van der Waals surface area contributed by atoms with Gasteiger partial charge in [0.25, 0.3) is 11.8 Å². The first-order valence-corrected chi connectivity index (χ1v) is 9.06. The number of furan rings is 1. The molecular weight excluding hydrogens is 387 g/mol. The SMILES string of the molecule is Cn1cc(C2=C(c3coc4ccc(F)cc34)C(=O)NC2=O)c2cc(C(=N)N)ccc21. The van der Waals surface area contributed by atoms with Gasteiger partial charge in [0.2, 0.25) is 0 Å². The minimum atomic E-state index is -0.582. The fraction of sp³-hybridized carbons (Fsp3) is 0.0455. The van der Waals surface area contributed by atoms with Gasteiger partial charge in [0.1, 0.15) is 17.2 Å². The zero-order valence-electron chi connectivity index (χ0n) is 15.7. The van der Waals surface area contributed by atoms with Gasteiger partial charge in [-0.15, -0.1) is 0 Å². The highest BCUT2D eigenvalue weighted by Gasteiger charge is 2.35. The minimum Gasteiger partial charge on any atom is -0.464 e. The quantitative estimate of drug-likeness (QED) is 0.278. The molecule has 0 unspecified atom stereocenters. The van der Waals surface area contributed by atoms with Gasteiger partial charge < -0.3 is 14.7 Å². The molecule has 30 heavy (non-hydrogen) atoms. The van der Waals surface area contributed by atoms with E-state index in [1.54, 1.807) is 24.4 Å². The van der Waals surface area contributed by atoms with Crippen LogP contribution < -0.4 is 11.1 Å². The van der Waals surface area contributed by atoms with Crippen LogP contribution in [0.1, 0.15) is 16.7 Å². The van der Waals surface area contributed by atoms with Crippen molar-refractivity contribution in [3.8, 4) is 0 Å². The number of amides is 2. The third kappa shape index (κ3) is 2.47. The third-order valence-corrected chi connectivity index (χ3v) is 5.31. The summed E-state index contributed by atoms with van der Waals surface area (Å²) < 4.78 is 21.2. The van der Waals surface area contributed by atoms with E-state index in [4.69, 9.17) is 15.6 Å². The van der Waals surface area contributed by atoms with Crippen molar-refractivity contribution in [1.82, 2.24) is 9.88 Å². The first kappa shape index (κ1) is 17.9. The van der Waals surface area contributed by atoms with Crippen LogP contribution in [0.4, 0.5) is 4.39 Å². The summed E-state index contributed by atoms with van der Waals surface area (Å²) in [6, 6.07) is 9.23. The van der Waals surface area contributed by atoms with Crippen LogP contribution in [0.25, 0.3) is 33.0 Å². The maximum absolute atomic E-state index is 13.8. The zero-order chi connectivity index (χ0) is 21.2. The molecule has 2 amide bonds. The van der Waals surface area contributed by atoms with E-state index in [0.29, 0.717) is 33.0 Å². The lowest BCUT2D eigenvalue weighted by atomic mass is 9.95. The number of nitrogens with one attached hydrogen (secondary N) is 2. The van der Waals surface area contributed by atoms with E-state index >= 15 is 0 Å². The van der Waals surface area contributed by atoms with Gasteiger partial charge >= 0.3 is 0 Å². The van der Waals surface area contributed by atoms with E-state index in [1.165, 1.54) is 24.5 Å². The Morgan fingerprint density at radius 1 is 1.07 bits per heavy atom. The highest BCUT2D eigenvalue weighted by atomic mass is 19.1. The number of fused-ring (bicyclic) bond motifs is 2. The Kier molecular flexibility index (Phi) is 3.66. The molecule has 0 spiro atoms. The van der Waals surface area contributed by atoms with Crippen molar-refractivity contribution in [3.63, 3.8) is 0 Å². The van der Waals surface area contributed by atoms with Gasteiger partial charge in [0, 0.05) is 46.2 Å². The average molecular weight is 402 g/mol. The lowest BCUT2D eigenvalue weighted by Crippen LogP contribution is -2.22. The lowest BCUT2D eigenvalue weighted by molar-refractivity contribution is -0.122. The van der Waals surface area contributed by atoms with E-state index in [-0.39, 0.29) is 17.0 Å². The van der Waals surface area contributed by atoms with Gasteiger partial charge in [-0.05, 0) is 36.4 Å². The number of hydrogen-bond acceptors (Lipinski definition) is 4. The maximum atomic E-state index is 13.8. The molecule has 7 nitrogen and oxygen atoms in total. The summed E-state index contributed by atoms with van der Waals surface area (Å²) in [5.74, 6) is -1.72. The van der Waals surface area contributed by atoms with E-state index < -0.39 is 17.6 Å². The number of aromatic nitrogens is 1. The van der Waals surface area contributed by atoms with Crippen molar-refractivity contribution in [2.45, 2.75) is 0 Å². The number of benzene rings is 2. The van der Waals surface area contributed by atoms with Gasteiger partial charge in [-0.3, -0.25) is 20.3 Å². The largest absolute Gasteiger partial charge is 0.464 e. The van der Waals surface area contributed by atoms with Crippen LogP contribution >= 0.6 is 0 Å². The van der Waals surface area contributed by atoms with Crippen molar-refractivity contribution in [3.05, 3.63) is 71.4 Å². The number of imide groups is 1. The minimum absolute atomic E-state index is 0.107. The van der Waals surface area contributed by atoms with Crippen LogP contribution in [0.2, 0.25) is 0 Å². The first-order valence-electron chi connectivity index (χ1n) is 9.06. The maximum Gasteiger partial charge on any atom is 0.259 e. The van der Waals surface area contributed by atoms with Gasteiger partial charge in [0.15, 0.2) is 0 Å². The van der Waals surface area contributed by atoms with Crippen LogP contribution in [0.15, 0.2) is 53.3 Å². The predicted octanol–water partition coefficient (Wildman–Crippen LogP) is 2.91. The summed E-state index contributed by atoms with van der Waals surface area (Å²) in [5, 5.41) is 11.1. The second kappa shape index (κ2) is 6.15. The van der Waals surface area contributed by atoms with Crippen LogP contribution in [-0.4, -0.2) is 22.2 Å². The third-order valence-electron chi connectivity index (χ3n) is 5.31. The van der Waals surface area contributed by atoms with Crippen LogP contribution in [-0.2, 0) is 16.6 Å². The molecular formula is C22H15FN4O3. The number of aryl methyl sites for hydroxylation is 1. The molecule has 0 aliphatic carbocycles. The number of nitrogens with zero attached hydrogens (tertiary/aromatic N) is 1. The van der Waals surface area contributed by atoms with Gasteiger partial charge in [0.05, 0.1) is 17.4 Å². The number of nitrogens with two attached hydrogens (primary N) is 1. The topological polar surface area (TPSA) is 114 Å². The second-order valence-electron chi connectivity index (χ2n) is 7.12. The summed E-state index contributed by atoms with van der Waals surface area (Å²) in [6.07, 6.45) is 3.09. The number of carbonyl (C=O) groups is 2. The molecule has 3 heterocycles. The molecule has 5 rings (SSSR count). The highest BCUT2D eigenvalue weighted by molar-refractivity contribution is 6.50. The molecule has 1 aliphatic heterocycles. The van der Waals surface area contributed by atoms with Crippen molar-refractivity contribution in [2.24, 2.45) is 12.8 Å². The van der Waals surface area contributed by atoms with E-state index in [9.17, 15) is 14.0 Å². The first-order chi connectivity index (χ1) is 14.3. The number of rotatable bonds is 3. The number of hydrogen-bond donors (Lipinski definition) is 3. The summed E-state index contributed by atoms with van der Waals surface area (Å²) in [5.41, 5.74) is 8.46. The van der Waals surface area contributed by atoms with E-state index in [2.05, 4.69) is 5.32 Å². The van der Waals surface area contributed by atoms with Gasteiger partial charge in [-0.1, -0.05) is 0 Å². The Morgan fingerprint density at radius 3 is 2.53 bits per heavy atom. The summed E-state index contributed by atoms with van der Waals surface area (Å²) in [7, 11) is 1.82. The van der Waals surface area contributed by atoms with E-state index in [1.807, 2.05) is 11.6 Å².